The molecule has 1 amide bonds. The van der Waals surface area contributed by atoms with Crippen molar-refractivity contribution in [3.8, 4) is 0 Å². The van der Waals surface area contributed by atoms with Crippen LogP contribution < -0.4 is 5.32 Å². The lowest BCUT2D eigenvalue weighted by molar-refractivity contribution is 0.0917. The molecule has 0 spiro atoms. The van der Waals surface area contributed by atoms with Crippen LogP contribution in [0.25, 0.3) is 0 Å². The topological polar surface area (TPSA) is 29.1 Å². The summed E-state index contributed by atoms with van der Waals surface area (Å²) in [5.74, 6) is -0.164. The summed E-state index contributed by atoms with van der Waals surface area (Å²) in [6.45, 7) is 2.19. The maximum absolute atomic E-state index is 13.8. The van der Waals surface area contributed by atoms with Crippen LogP contribution in [0.1, 0.15) is 43.0 Å². The molecule has 98 valence electrons. The first-order chi connectivity index (χ1) is 8.58. The molecule has 2 unspecified atom stereocenters. The highest BCUT2D eigenvalue weighted by Crippen LogP contribution is 2.24. The SMILES string of the molecule is CC1CCCC(NC(=O)c2cccc(Br)c2F)C1. The van der Waals surface area contributed by atoms with Crippen LogP contribution in [-0.2, 0) is 0 Å². The molecule has 1 aliphatic carbocycles. The Morgan fingerprint density at radius 2 is 2.22 bits per heavy atom. The van der Waals surface area contributed by atoms with Gasteiger partial charge in [-0.25, -0.2) is 4.39 Å². The van der Waals surface area contributed by atoms with Crippen LogP contribution in [0.3, 0.4) is 0 Å². The summed E-state index contributed by atoms with van der Waals surface area (Å²) in [5.41, 5.74) is 0.114. The Hall–Kier alpha value is -0.900. The molecule has 1 saturated carbocycles. The van der Waals surface area contributed by atoms with E-state index in [1.807, 2.05) is 0 Å². The Labute approximate surface area is 115 Å². The van der Waals surface area contributed by atoms with Gasteiger partial charge in [0.15, 0.2) is 0 Å². The standard InChI is InChI=1S/C14H17BrFNO/c1-9-4-2-5-10(8-9)17-14(18)11-6-3-7-12(15)13(11)16/h3,6-7,9-10H,2,4-5,8H2,1H3,(H,17,18). The number of halogens is 2. The summed E-state index contributed by atoms with van der Waals surface area (Å²) in [6, 6.07) is 4.96. The summed E-state index contributed by atoms with van der Waals surface area (Å²) >= 11 is 3.09. The second-order valence-electron chi connectivity index (χ2n) is 5.04. The molecule has 1 fully saturated rings. The molecule has 2 rings (SSSR count). The van der Waals surface area contributed by atoms with Gasteiger partial charge >= 0.3 is 0 Å². The van der Waals surface area contributed by atoms with Crippen molar-refractivity contribution in [2.24, 2.45) is 5.92 Å². The van der Waals surface area contributed by atoms with E-state index in [4.69, 9.17) is 0 Å². The minimum absolute atomic E-state index is 0.114. The maximum Gasteiger partial charge on any atom is 0.254 e. The van der Waals surface area contributed by atoms with Gasteiger partial charge in [0.05, 0.1) is 10.0 Å². The van der Waals surface area contributed by atoms with Gasteiger partial charge in [-0.05, 0) is 46.8 Å². The van der Waals surface area contributed by atoms with E-state index in [1.54, 1.807) is 12.1 Å². The lowest BCUT2D eigenvalue weighted by Gasteiger charge is -2.27. The van der Waals surface area contributed by atoms with Crippen molar-refractivity contribution < 1.29 is 9.18 Å². The normalized spacial score (nSPS) is 23.7. The monoisotopic (exact) mass is 313 g/mol. The highest BCUT2D eigenvalue weighted by Gasteiger charge is 2.22. The van der Waals surface area contributed by atoms with Gasteiger partial charge < -0.3 is 5.32 Å². The fourth-order valence-electron chi connectivity index (χ4n) is 2.51. The van der Waals surface area contributed by atoms with E-state index in [9.17, 15) is 9.18 Å². The molecule has 0 saturated heterocycles. The average molecular weight is 314 g/mol. The zero-order chi connectivity index (χ0) is 13.1. The third-order valence-electron chi connectivity index (χ3n) is 3.47. The van der Waals surface area contributed by atoms with Gasteiger partial charge in [-0.15, -0.1) is 0 Å². The van der Waals surface area contributed by atoms with E-state index in [2.05, 4.69) is 28.2 Å². The van der Waals surface area contributed by atoms with Crippen molar-refractivity contribution >= 4 is 21.8 Å². The summed E-state index contributed by atoms with van der Waals surface area (Å²) in [7, 11) is 0. The second-order valence-corrected chi connectivity index (χ2v) is 5.90. The molecule has 18 heavy (non-hydrogen) atoms. The molecule has 0 radical (unpaired) electrons. The molecule has 0 aliphatic heterocycles. The van der Waals surface area contributed by atoms with Crippen molar-refractivity contribution in [2.45, 2.75) is 38.6 Å². The van der Waals surface area contributed by atoms with Crippen molar-refractivity contribution in [1.29, 1.82) is 0 Å². The van der Waals surface area contributed by atoms with Crippen LogP contribution >= 0.6 is 15.9 Å². The molecule has 1 aromatic rings. The Kier molecular flexibility index (Phi) is 4.38. The zero-order valence-electron chi connectivity index (χ0n) is 10.4. The fourth-order valence-corrected chi connectivity index (χ4v) is 2.87. The predicted molar refractivity (Wildman–Crippen MR) is 73.0 cm³/mol. The summed E-state index contributed by atoms with van der Waals surface area (Å²) < 4.78 is 14.1. The molecular weight excluding hydrogens is 297 g/mol. The van der Waals surface area contributed by atoms with Gasteiger partial charge in [0.1, 0.15) is 5.82 Å². The smallest absolute Gasteiger partial charge is 0.254 e. The van der Waals surface area contributed by atoms with Crippen LogP contribution in [0.5, 0.6) is 0 Å². The summed E-state index contributed by atoms with van der Waals surface area (Å²) in [6.07, 6.45) is 4.33. The number of carbonyl (C=O) groups excluding carboxylic acids is 1. The van der Waals surface area contributed by atoms with E-state index in [0.29, 0.717) is 10.4 Å². The second kappa shape index (κ2) is 5.83. The number of hydrogen-bond donors (Lipinski definition) is 1. The zero-order valence-corrected chi connectivity index (χ0v) is 12.0. The molecule has 1 aliphatic rings. The van der Waals surface area contributed by atoms with Crippen molar-refractivity contribution in [2.75, 3.05) is 0 Å². The number of rotatable bonds is 2. The van der Waals surface area contributed by atoms with Gasteiger partial charge in [0, 0.05) is 6.04 Å². The predicted octanol–water partition coefficient (Wildman–Crippen LogP) is 3.90. The van der Waals surface area contributed by atoms with Gasteiger partial charge in [0.25, 0.3) is 5.91 Å². The first kappa shape index (κ1) is 13.5. The fraction of sp³-hybridized carbons (Fsp3) is 0.500. The number of carbonyl (C=O) groups is 1. The third kappa shape index (κ3) is 3.10. The average Bonchev–Trinajstić information content (AvgIpc) is 2.32. The molecule has 0 heterocycles. The Balaban J connectivity index is 2.05. The summed E-state index contributed by atoms with van der Waals surface area (Å²) in [5, 5.41) is 2.93. The van der Waals surface area contributed by atoms with Crippen LogP contribution in [0, 0.1) is 11.7 Å². The Bertz CT molecular complexity index is 449. The number of nitrogens with one attached hydrogen (secondary N) is 1. The van der Waals surface area contributed by atoms with Crippen LogP contribution in [0.2, 0.25) is 0 Å². The number of hydrogen-bond acceptors (Lipinski definition) is 1. The Morgan fingerprint density at radius 3 is 2.94 bits per heavy atom. The van der Waals surface area contributed by atoms with Gasteiger partial charge in [-0.2, -0.15) is 0 Å². The molecule has 2 nitrogen and oxygen atoms in total. The van der Waals surface area contributed by atoms with E-state index < -0.39 is 5.82 Å². The van der Waals surface area contributed by atoms with Crippen molar-refractivity contribution in [3.05, 3.63) is 34.1 Å². The maximum atomic E-state index is 13.8. The molecule has 4 heteroatoms. The van der Waals surface area contributed by atoms with Crippen LogP contribution in [0.15, 0.2) is 22.7 Å². The molecule has 0 aromatic heterocycles. The van der Waals surface area contributed by atoms with Crippen LogP contribution in [-0.4, -0.2) is 11.9 Å². The third-order valence-corrected chi connectivity index (χ3v) is 4.08. The van der Waals surface area contributed by atoms with Crippen molar-refractivity contribution in [1.82, 2.24) is 5.32 Å². The van der Waals surface area contributed by atoms with E-state index >= 15 is 0 Å². The van der Waals surface area contributed by atoms with Gasteiger partial charge in [-0.1, -0.05) is 25.8 Å². The highest BCUT2D eigenvalue weighted by atomic mass is 79.9. The largest absolute Gasteiger partial charge is 0.349 e. The first-order valence-corrected chi connectivity index (χ1v) is 7.12. The Morgan fingerprint density at radius 1 is 1.44 bits per heavy atom. The van der Waals surface area contributed by atoms with Crippen molar-refractivity contribution in [3.63, 3.8) is 0 Å². The highest BCUT2D eigenvalue weighted by molar-refractivity contribution is 9.10. The first-order valence-electron chi connectivity index (χ1n) is 6.33. The quantitative estimate of drug-likeness (QED) is 0.881. The molecule has 1 aromatic carbocycles. The lowest BCUT2D eigenvalue weighted by Crippen LogP contribution is -2.38. The molecule has 0 bridgehead atoms. The van der Waals surface area contributed by atoms with Gasteiger partial charge in [0.2, 0.25) is 0 Å². The molecular formula is C14H17BrFNO. The number of amides is 1. The van der Waals surface area contributed by atoms with Crippen LogP contribution in [0.4, 0.5) is 4.39 Å². The summed E-state index contributed by atoms with van der Waals surface area (Å²) in [4.78, 5) is 12.0. The number of benzene rings is 1. The minimum Gasteiger partial charge on any atom is -0.349 e. The van der Waals surface area contributed by atoms with E-state index in [0.717, 1.165) is 19.3 Å². The lowest BCUT2D eigenvalue weighted by atomic mass is 9.87. The molecule has 1 N–H and O–H groups in total. The minimum atomic E-state index is -0.487. The van der Waals surface area contributed by atoms with E-state index in [-0.39, 0.29) is 17.5 Å². The van der Waals surface area contributed by atoms with E-state index in [1.165, 1.54) is 12.5 Å². The van der Waals surface area contributed by atoms with Gasteiger partial charge in [-0.3, -0.25) is 4.79 Å². The molecule has 2 atom stereocenters.